The van der Waals surface area contributed by atoms with E-state index in [9.17, 15) is 20.1 Å². The number of aliphatic hydroxyl groups excluding tert-OH is 3. The smallest absolute Gasteiger partial charge is 0.161 e. The molecule has 4 aliphatic carbocycles. The lowest BCUT2D eigenvalue weighted by Gasteiger charge is -2.62. The number of ketones is 1. The van der Waals surface area contributed by atoms with Crippen molar-refractivity contribution < 1.29 is 20.1 Å². The highest BCUT2D eigenvalue weighted by Gasteiger charge is 2.63. The Hall–Kier alpha value is -0.450. The molecule has 0 heterocycles. The number of Topliss-reactive ketones (excluding diaryl/α,β-unsaturated/α-hetero) is 1. The quantitative estimate of drug-likeness (QED) is 0.715. The molecule has 0 unspecified atom stereocenters. The Morgan fingerprint density at radius 2 is 1.80 bits per heavy atom. The number of rotatable bonds is 2. The van der Waals surface area contributed by atoms with E-state index < -0.39 is 0 Å². The summed E-state index contributed by atoms with van der Waals surface area (Å²) in [5.74, 6) is 1.69. The van der Waals surface area contributed by atoms with E-state index >= 15 is 0 Å². The molecular formula is C21H34O4. The number of carbonyl (C=O) groups is 1. The van der Waals surface area contributed by atoms with Crippen LogP contribution in [-0.4, -0.2) is 39.9 Å². The minimum atomic E-state index is -0.366. The summed E-state index contributed by atoms with van der Waals surface area (Å²) in [4.78, 5) is 12.3. The van der Waals surface area contributed by atoms with Crippen molar-refractivity contribution in [1.82, 2.24) is 0 Å². The predicted molar refractivity (Wildman–Crippen MR) is 94.7 cm³/mol. The van der Waals surface area contributed by atoms with Gasteiger partial charge in [0.15, 0.2) is 5.78 Å². The first-order chi connectivity index (χ1) is 11.8. The molecule has 0 aliphatic heterocycles. The first-order valence-corrected chi connectivity index (χ1v) is 10.3. The highest BCUT2D eigenvalue weighted by atomic mass is 16.3. The summed E-state index contributed by atoms with van der Waals surface area (Å²) in [6.45, 7) is 4.19. The second-order valence-electron chi connectivity index (χ2n) is 10.0. The van der Waals surface area contributed by atoms with E-state index in [4.69, 9.17) is 0 Å². The maximum Gasteiger partial charge on any atom is 0.161 e. The maximum atomic E-state index is 12.3. The van der Waals surface area contributed by atoms with Gasteiger partial charge in [-0.05, 0) is 85.9 Å². The van der Waals surface area contributed by atoms with E-state index in [0.29, 0.717) is 30.1 Å². The van der Waals surface area contributed by atoms with E-state index in [-0.39, 0.29) is 41.3 Å². The topological polar surface area (TPSA) is 77.8 Å². The van der Waals surface area contributed by atoms with Crippen LogP contribution in [0.25, 0.3) is 0 Å². The van der Waals surface area contributed by atoms with Crippen molar-refractivity contribution >= 4 is 5.78 Å². The fourth-order valence-corrected chi connectivity index (χ4v) is 8.00. The first-order valence-electron chi connectivity index (χ1n) is 10.3. The van der Waals surface area contributed by atoms with Gasteiger partial charge in [-0.2, -0.15) is 0 Å². The lowest BCUT2D eigenvalue weighted by atomic mass is 9.44. The van der Waals surface area contributed by atoms with Gasteiger partial charge in [-0.1, -0.05) is 13.8 Å². The zero-order chi connectivity index (χ0) is 18.0. The molecule has 4 rings (SSSR count). The van der Waals surface area contributed by atoms with Crippen molar-refractivity contribution in [2.45, 2.75) is 77.4 Å². The molecule has 0 aromatic heterocycles. The zero-order valence-corrected chi connectivity index (χ0v) is 15.7. The molecule has 4 nitrogen and oxygen atoms in total. The van der Waals surface area contributed by atoms with E-state index in [2.05, 4.69) is 13.8 Å². The van der Waals surface area contributed by atoms with Gasteiger partial charge in [0.05, 0.1) is 12.2 Å². The van der Waals surface area contributed by atoms with Crippen LogP contribution in [0, 0.1) is 40.4 Å². The normalized spacial score (nSPS) is 55.2. The molecule has 0 saturated heterocycles. The standard InChI is InChI=1S/C21H34O4/c1-20-8-7-13(23)9-12(20)3-4-14-15-5-6-16(18(25)11-22)21(15,2)10-17(24)19(14)20/h12-17,19,22-24H,3-11H2,1-2H3/t12-,13+,14-,15-,16+,17-,19+,20-,21-/m0/s1. The molecule has 9 atom stereocenters. The highest BCUT2D eigenvalue weighted by Crippen LogP contribution is 2.67. The van der Waals surface area contributed by atoms with Gasteiger partial charge in [-0.15, -0.1) is 0 Å². The van der Waals surface area contributed by atoms with Crippen LogP contribution in [0.3, 0.4) is 0 Å². The van der Waals surface area contributed by atoms with Gasteiger partial charge in [0.2, 0.25) is 0 Å². The lowest BCUT2D eigenvalue weighted by Crippen LogP contribution is -2.59. The van der Waals surface area contributed by atoms with Crippen LogP contribution in [0.2, 0.25) is 0 Å². The molecule has 25 heavy (non-hydrogen) atoms. The summed E-state index contributed by atoms with van der Waals surface area (Å²) in [5.41, 5.74) is -0.0280. The highest BCUT2D eigenvalue weighted by molar-refractivity contribution is 5.83. The maximum absolute atomic E-state index is 12.3. The van der Waals surface area contributed by atoms with Crippen LogP contribution < -0.4 is 0 Å². The molecule has 0 bridgehead atoms. The second-order valence-corrected chi connectivity index (χ2v) is 10.0. The monoisotopic (exact) mass is 350 g/mol. The number of fused-ring (bicyclic) bond motifs is 5. The SMILES string of the molecule is C[C@]12CC[C@@H](O)C[C@@H]1CC[C@@H]1[C@@H]2[C@@H](O)C[C@]2(C)[C@@H](C(=O)CO)CC[C@@H]12. The molecular weight excluding hydrogens is 316 g/mol. The average molecular weight is 350 g/mol. The molecule has 0 aromatic rings. The van der Waals surface area contributed by atoms with Gasteiger partial charge in [0.25, 0.3) is 0 Å². The van der Waals surface area contributed by atoms with Crippen molar-refractivity contribution in [1.29, 1.82) is 0 Å². The molecule has 4 aliphatic rings. The Morgan fingerprint density at radius 3 is 2.52 bits per heavy atom. The van der Waals surface area contributed by atoms with Crippen LogP contribution in [0.4, 0.5) is 0 Å². The van der Waals surface area contributed by atoms with Gasteiger partial charge < -0.3 is 15.3 Å². The molecule has 0 aromatic carbocycles. The lowest BCUT2D eigenvalue weighted by molar-refractivity contribution is -0.179. The third-order valence-electron chi connectivity index (χ3n) is 9.11. The van der Waals surface area contributed by atoms with Crippen molar-refractivity contribution in [3.05, 3.63) is 0 Å². The summed E-state index contributed by atoms with van der Waals surface area (Å²) in [5, 5.41) is 30.7. The van der Waals surface area contributed by atoms with E-state index in [0.717, 1.165) is 44.9 Å². The van der Waals surface area contributed by atoms with Gasteiger partial charge in [-0.25, -0.2) is 0 Å². The molecule has 4 saturated carbocycles. The third kappa shape index (κ3) is 2.47. The second kappa shape index (κ2) is 6.03. The third-order valence-corrected chi connectivity index (χ3v) is 9.11. The van der Waals surface area contributed by atoms with Gasteiger partial charge in [0.1, 0.15) is 6.61 Å². The largest absolute Gasteiger partial charge is 0.393 e. The van der Waals surface area contributed by atoms with Gasteiger partial charge >= 0.3 is 0 Å². The summed E-state index contributed by atoms with van der Waals surface area (Å²) >= 11 is 0. The Labute approximate surface area is 151 Å². The molecule has 0 spiro atoms. The minimum Gasteiger partial charge on any atom is -0.393 e. The summed E-state index contributed by atoms with van der Waals surface area (Å²) < 4.78 is 0. The summed E-state index contributed by atoms with van der Waals surface area (Å²) in [6, 6.07) is 0. The first kappa shape index (κ1) is 17.9. The molecule has 142 valence electrons. The fourth-order valence-electron chi connectivity index (χ4n) is 8.00. The number of aliphatic hydroxyl groups is 3. The van der Waals surface area contributed by atoms with Crippen LogP contribution in [0.15, 0.2) is 0 Å². The number of hydrogen-bond donors (Lipinski definition) is 3. The zero-order valence-electron chi connectivity index (χ0n) is 15.7. The van der Waals surface area contributed by atoms with Crippen molar-refractivity contribution in [3.8, 4) is 0 Å². The summed E-state index contributed by atoms with van der Waals surface area (Å²) in [7, 11) is 0. The van der Waals surface area contributed by atoms with Crippen LogP contribution >= 0.6 is 0 Å². The van der Waals surface area contributed by atoms with Crippen molar-refractivity contribution in [3.63, 3.8) is 0 Å². The van der Waals surface area contributed by atoms with Crippen LogP contribution in [0.1, 0.15) is 65.2 Å². The molecule has 0 amide bonds. The Bertz CT molecular complexity index is 548. The van der Waals surface area contributed by atoms with E-state index in [1.54, 1.807) is 0 Å². The molecule has 4 heteroatoms. The number of carbonyl (C=O) groups excluding carboxylic acids is 1. The van der Waals surface area contributed by atoms with Gasteiger partial charge in [0, 0.05) is 5.92 Å². The minimum absolute atomic E-state index is 0.0312. The van der Waals surface area contributed by atoms with E-state index in [1.165, 1.54) is 0 Å². The van der Waals surface area contributed by atoms with Crippen LogP contribution in [0.5, 0.6) is 0 Å². The molecule has 0 radical (unpaired) electrons. The van der Waals surface area contributed by atoms with Gasteiger partial charge in [-0.3, -0.25) is 4.79 Å². The van der Waals surface area contributed by atoms with Crippen LogP contribution in [-0.2, 0) is 4.79 Å². The van der Waals surface area contributed by atoms with E-state index in [1.807, 2.05) is 0 Å². The number of hydrogen-bond acceptors (Lipinski definition) is 4. The van der Waals surface area contributed by atoms with Crippen molar-refractivity contribution in [2.75, 3.05) is 6.61 Å². The Morgan fingerprint density at radius 1 is 1.04 bits per heavy atom. The Kier molecular flexibility index (Phi) is 4.33. The summed E-state index contributed by atoms with van der Waals surface area (Å²) in [6.07, 6.45) is 7.12. The fraction of sp³-hybridized carbons (Fsp3) is 0.952. The van der Waals surface area contributed by atoms with Crippen molar-refractivity contribution in [2.24, 2.45) is 40.4 Å². The molecule has 3 N–H and O–H groups in total. The average Bonchev–Trinajstić information content (AvgIpc) is 2.91. The predicted octanol–water partition coefficient (Wildman–Crippen LogP) is 2.54. The Balaban J connectivity index is 1.65. The molecule has 4 fully saturated rings.